The molecule has 1 saturated carbocycles. The Morgan fingerprint density at radius 2 is 1.71 bits per heavy atom. The number of Topliss-reactive ketones (excluding diaryl/α,β-unsaturated/α-hetero) is 1. The number of methoxy groups -OCH3 is 1. The largest absolute Gasteiger partial charge is 0.466 e. The van der Waals surface area contributed by atoms with Gasteiger partial charge in [0.05, 0.1) is 18.6 Å². The third-order valence-electron chi connectivity index (χ3n) is 5.90. The molecule has 28 heavy (non-hydrogen) atoms. The summed E-state index contributed by atoms with van der Waals surface area (Å²) in [4.78, 5) is 30.5. The van der Waals surface area contributed by atoms with Crippen LogP contribution in [0.5, 0.6) is 0 Å². The first kappa shape index (κ1) is 20.5. The van der Waals surface area contributed by atoms with Crippen molar-refractivity contribution in [2.45, 2.75) is 65.7 Å². The summed E-state index contributed by atoms with van der Waals surface area (Å²) < 4.78 is 5.07. The van der Waals surface area contributed by atoms with Gasteiger partial charge in [0, 0.05) is 23.7 Å². The number of hydrogen-bond donors (Lipinski definition) is 0. The van der Waals surface area contributed by atoms with Crippen molar-refractivity contribution in [3.05, 3.63) is 46.7 Å². The molecule has 4 nitrogen and oxygen atoms in total. The van der Waals surface area contributed by atoms with Crippen LogP contribution in [0.1, 0.15) is 71.4 Å². The molecule has 1 aromatic rings. The molecule has 1 heterocycles. The van der Waals surface area contributed by atoms with E-state index in [-0.39, 0.29) is 28.4 Å². The van der Waals surface area contributed by atoms with Crippen LogP contribution in [0.15, 0.2) is 40.5 Å². The predicted molar refractivity (Wildman–Crippen MR) is 112 cm³/mol. The highest BCUT2D eigenvalue weighted by atomic mass is 16.5. The Labute approximate surface area is 168 Å². The minimum absolute atomic E-state index is 0.0410. The highest BCUT2D eigenvalue weighted by molar-refractivity contribution is 6.12. The van der Waals surface area contributed by atoms with Gasteiger partial charge in [0.1, 0.15) is 5.78 Å². The van der Waals surface area contributed by atoms with Crippen LogP contribution in [-0.2, 0) is 19.7 Å². The zero-order valence-corrected chi connectivity index (χ0v) is 18.1. The molecular weight excluding hydrogens is 350 g/mol. The smallest absolute Gasteiger partial charge is 0.336 e. The number of nitrogens with zero attached hydrogens (tertiary/aromatic N) is 1. The minimum atomic E-state index is -0.400. The van der Waals surface area contributed by atoms with Crippen molar-refractivity contribution < 1.29 is 14.3 Å². The lowest BCUT2D eigenvalue weighted by molar-refractivity contribution is -0.136. The standard InChI is InChI=1S/C24H31NO3/c1-14-19(22(27)28-7)20(15-8-10-16(11-9-15)23(2,3)4)21-17(25-14)12-24(5,6)13-18(21)26/h8-11,20-21H,12-13H2,1-7H3. The fourth-order valence-corrected chi connectivity index (χ4v) is 4.52. The number of esters is 1. The van der Waals surface area contributed by atoms with E-state index >= 15 is 0 Å². The summed E-state index contributed by atoms with van der Waals surface area (Å²) in [6.07, 6.45) is 1.27. The lowest BCUT2D eigenvalue weighted by Crippen LogP contribution is -2.44. The molecule has 1 fully saturated rings. The summed E-state index contributed by atoms with van der Waals surface area (Å²) in [6.45, 7) is 12.6. The van der Waals surface area contributed by atoms with Crippen molar-refractivity contribution in [3.63, 3.8) is 0 Å². The summed E-state index contributed by atoms with van der Waals surface area (Å²) in [5.74, 6) is -0.958. The molecular formula is C24H31NO3. The van der Waals surface area contributed by atoms with Gasteiger partial charge in [0.15, 0.2) is 0 Å². The first-order valence-electron chi connectivity index (χ1n) is 9.94. The third kappa shape index (κ3) is 3.69. The second-order valence-electron chi connectivity index (χ2n) is 9.91. The molecule has 4 heteroatoms. The van der Waals surface area contributed by atoms with Gasteiger partial charge >= 0.3 is 5.97 Å². The molecule has 0 amide bonds. The quantitative estimate of drug-likeness (QED) is 0.679. The van der Waals surface area contributed by atoms with E-state index in [4.69, 9.17) is 9.73 Å². The van der Waals surface area contributed by atoms with Gasteiger partial charge in [-0.15, -0.1) is 0 Å². The molecule has 1 aliphatic heterocycles. The first-order chi connectivity index (χ1) is 12.9. The number of benzene rings is 1. The highest BCUT2D eigenvalue weighted by Gasteiger charge is 2.47. The SMILES string of the molecule is COC(=O)C1=C(C)N=C2CC(C)(C)CC(=O)C2C1c1ccc(C(C)(C)C)cc1. The van der Waals surface area contributed by atoms with Crippen LogP contribution < -0.4 is 0 Å². The summed E-state index contributed by atoms with van der Waals surface area (Å²) in [5, 5.41) is 0. The van der Waals surface area contributed by atoms with Crippen LogP contribution in [0.3, 0.4) is 0 Å². The number of allylic oxidation sites excluding steroid dienone is 1. The van der Waals surface area contributed by atoms with Crippen LogP contribution >= 0.6 is 0 Å². The molecule has 150 valence electrons. The van der Waals surface area contributed by atoms with E-state index in [2.05, 4.69) is 58.9 Å². The Bertz CT molecular complexity index is 866. The van der Waals surface area contributed by atoms with Crippen molar-refractivity contribution in [2.24, 2.45) is 16.3 Å². The molecule has 1 aromatic carbocycles. The van der Waals surface area contributed by atoms with E-state index in [0.29, 0.717) is 17.7 Å². The summed E-state index contributed by atoms with van der Waals surface area (Å²) >= 11 is 0. The molecule has 0 N–H and O–H groups in total. The Balaban J connectivity index is 2.14. The highest BCUT2D eigenvalue weighted by Crippen LogP contribution is 2.47. The van der Waals surface area contributed by atoms with Crippen molar-refractivity contribution in [1.29, 1.82) is 0 Å². The number of rotatable bonds is 2. The van der Waals surface area contributed by atoms with E-state index in [0.717, 1.165) is 17.7 Å². The van der Waals surface area contributed by atoms with E-state index in [1.807, 2.05) is 6.92 Å². The average molecular weight is 382 g/mol. The fraction of sp³-hybridized carbons (Fsp3) is 0.542. The molecule has 1 aliphatic carbocycles. The molecule has 2 unspecified atom stereocenters. The average Bonchev–Trinajstić information content (AvgIpc) is 2.58. The fourth-order valence-electron chi connectivity index (χ4n) is 4.52. The van der Waals surface area contributed by atoms with Crippen LogP contribution in [0.2, 0.25) is 0 Å². The number of ether oxygens (including phenoxy) is 1. The molecule has 0 bridgehead atoms. The van der Waals surface area contributed by atoms with Crippen LogP contribution in [0.25, 0.3) is 0 Å². The van der Waals surface area contributed by atoms with E-state index in [1.54, 1.807) is 0 Å². The number of fused-ring (bicyclic) bond motifs is 1. The summed E-state index contributed by atoms with van der Waals surface area (Å²) in [6, 6.07) is 8.30. The molecule has 0 saturated heterocycles. The van der Waals surface area contributed by atoms with Gasteiger partial charge in [-0.1, -0.05) is 58.9 Å². The maximum atomic E-state index is 13.2. The van der Waals surface area contributed by atoms with Gasteiger partial charge in [-0.3, -0.25) is 9.79 Å². The Morgan fingerprint density at radius 1 is 1.11 bits per heavy atom. The maximum Gasteiger partial charge on any atom is 0.336 e. The number of carbonyl (C=O) groups excluding carboxylic acids is 2. The molecule has 2 atom stereocenters. The van der Waals surface area contributed by atoms with E-state index in [9.17, 15) is 9.59 Å². The zero-order chi connectivity index (χ0) is 20.9. The third-order valence-corrected chi connectivity index (χ3v) is 5.90. The van der Waals surface area contributed by atoms with Crippen molar-refractivity contribution >= 4 is 17.5 Å². The van der Waals surface area contributed by atoms with Crippen molar-refractivity contribution in [2.75, 3.05) is 7.11 Å². The lowest BCUT2D eigenvalue weighted by atomic mass is 9.63. The number of carbonyl (C=O) groups is 2. The van der Waals surface area contributed by atoms with Gasteiger partial charge in [-0.2, -0.15) is 0 Å². The summed E-state index contributed by atoms with van der Waals surface area (Å²) in [7, 11) is 1.38. The Hall–Kier alpha value is -2.23. The molecule has 2 aliphatic rings. The van der Waals surface area contributed by atoms with E-state index < -0.39 is 5.97 Å². The number of hydrogen-bond acceptors (Lipinski definition) is 4. The van der Waals surface area contributed by atoms with Gasteiger partial charge in [-0.05, 0) is 35.3 Å². The Morgan fingerprint density at radius 3 is 2.25 bits per heavy atom. The lowest BCUT2D eigenvalue weighted by Gasteiger charge is -2.41. The van der Waals surface area contributed by atoms with E-state index in [1.165, 1.54) is 12.7 Å². The summed E-state index contributed by atoms with van der Waals surface area (Å²) in [5.41, 5.74) is 4.20. The molecule has 0 spiro atoms. The second-order valence-corrected chi connectivity index (χ2v) is 9.91. The number of aliphatic imine (C=N–C) groups is 1. The van der Waals surface area contributed by atoms with Gasteiger partial charge in [0.25, 0.3) is 0 Å². The van der Waals surface area contributed by atoms with Gasteiger partial charge in [0.2, 0.25) is 0 Å². The van der Waals surface area contributed by atoms with Crippen molar-refractivity contribution in [1.82, 2.24) is 0 Å². The Kier molecular flexibility index (Phi) is 5.11. The minimum Gasteiger partial charge on any atom is -0.466 e. The topological polar surface area (TPSA) is 55.7 Å². The van der Waals surface area contributed by atoms with Gasteiger partial charge in [-0.25, -0.2) is 4.79 Å². The molecule has 0 radical (unpaired) electrons. The first-order valence-corrected chi connectivity index (χ1v) is 9.94. The van der Waals surface area contributed by atoms with Crippen LogP contribution in [0, 0.1) is 11.3 Å². The van der Waals surface area contributed by atoms with Crippen LogP contribution in [0.4, 0.5) is 0 Å². The van der Waals surface area contributed by atoms with Gasteiger partial charge < -0.3 is 4.74 Å². The second kappa shape index (κ2) is 6.98. The zero-order valence-electron chi connectivity index (χ0n) is 18.1. The molecule has 0 aromatic heterocycles. The number of ketones is 1. The molecule has 3 rings (SSSR count). The maximum absolute atomic E-state index is 13.2. The predicted octanol–water partition coefficient (Wildman–Crippen LogP) is 4.97. The van der Waals surface area contributed by atoms with Crippen LogP contribution in [-0.4, -0.2) is 24.6 Å². The van der Waals surface area contributed by atoms with Crippen molar-refractivity contribution in [3.8, 4) is 0 Å². The monoisotopic (exact) mass is 381 g/mol. The normalized spacial score (nSPS) is 24.5.